The Bertz CT molecular complexity index is 331. The van der Waals surface area contributed by atoms with Gasteiger partial charge >= 0.3 is 0 Å². The zero-order chi connectivity index (χ0) is 12.0. The fourth-order valence-corrected chi connectivity index (χ4v) is 1.31. The van der Waals surface area contributed by atoms with Crippen LogP contribution in [0.5, 0.6) is 5.75 Å². The lowest BCUT2D eigenvalue weighted by Gasteiger charge is -2.16. The van der Waals surface area contributed by atoms with Gasteiger partial charge in [-0.25, -0.2) is 0 Å². The molecule has 2 nitrogen and oxygen atoms in total. The standard InChI is InChI=1S/C14H20O2/c1-5-13-7-6-8-14(9-13)16-12(4)10-15-11(2)3/h5-9,11-12H,1,10H2,2-4H3. The minimum atomic E-state index is 0.0578. The zero-order valence-corrected chi connectivity index (χ0v) is 10.3. The highest BCUT2D eigenvalue weighted by Gasteiger charge is 2.05. The molecule has 1 aromatic rings. The minimum Gasteiger partial charge on any atom is -0.488 e. The van der Waals surface area contributed by atoms with Crippen molar-refractivity contribution >= 4 is 6.08 Å². The van der Waals surface area contributed by atoms with Crippen molar-refractivity contribution in [3.05, 3.63) is 36.4 Å². The van der Waals surface area contributed by atoms with E-state index in [0.717, 1.165) is 11.3 Å². The minimum absolute atomic E-state index is 0.0578. The Morgan fingerprint density at radius 1 is 1.31 bits per heavy atom. The van der Waals surface area contributed by atoms with Gasteiger partial charge in [0.1, 0.15) is 11.9 Å². The molecule has 1 unspecified atom stereocenters. The second-order valence-electron chi connectivity index (χ2n) is 4.09. The van der Waals surface area contributed by atoms with E-state index in [1.807, 2.05) is 51.1 Å². The fourth-order valence-electron chi connectivity index (χ4n) is 1.31. The Hall–Kier alpha value is -1.28. The van der Waals surface area contributed by atoms with Crippen LogP contribution in [-0.4, -0.2) is 18.8 Å². The van der Waals surface area contributed by atoms with Crippen molar-refractivity contribution in [3.63, 3.8) is 0 Å². The second kappa shape index (κ2) is 6.33. The van der Waals surface area contributed by atoms with Gasteiger partial charge in [0.15, 0.2) is 0 Å². The predicted octanol–water partition coefficient (Wildman–Crippen LogP) is 3.52. The molecule has 0 spiro atoms. The van der Waals surface area contributed by atoms with Crippen LogP contribution in [0.1, 0.15) is 26.3 Å². The predicted molar refractivity (Wildman–Crippen MR) is 67.7 cm³/mol. The van der Waals surface area contributed by atoms with Crippen molar-refractivity contribution in [3.8, 4) is 5.75 Å². The van der Waals surface area contributed by atoms with Crippen molar-refractivity contribution in [2.75, 3.05) is 6.61 Å². The lowest BCUT2D eigenvalue weighted by molar-refractivity contribution is 0.0230. The van der Waals surface area contributed by atoms with Crippen LogP contribution in [0.4, 0.5) is 0 Å². The van der Waals surface area contributed by atoms with Crippen LogP contribution in [0.25, 0.3) is 6.08 Å². The van der Waals surface area contributed by atoms with Crippen molar-refractivity contribution < 1.29 is 9.47 Å². The molecule has 0 aromatic heterocycles. The highest BCUT2D eigenvalue weighted by molar-refractivity contribution is 5.49. The Labute approximate surface area is 97.9 Å². The molecule has 0 aliphatic heterocycles. The van der Waals surface area contributed by atoms with E-state index in [1.165, 1.54) is 0 Å². The number of benzene rings is 1. The van der Waals surface area contributed by atoms with E-state index in [0.29, 0.717) is 6.61 Å². The molecule has 0 heterocycles. The van der Waals surface area contributed by atoms with Gasteiger partial charge in [0.2, 0.25) is 0 Å². The Kier molecular flexibility index (Phi) is 5.06. The molecule has 0 saturated heterocycles. The number of ether oxygens (including phenoxy) is 2. The van der Waals surface area contributed by atoms with Crippen LogP contribution >= 0.6 is 0 Å². The second-order valence-corrected chi connectivity index (χ2v) is 4.09. The third-order valence-corrected chi connectivity index (χ3v) is 2.10. The van der Waals surface area contributed by atoms with Gasteiger partial charge in [0.05, 0.1) is 12.7 Å². The molecule has 0 bridgehead atoms. The maximum Gasteiger partial charge on any atom is 0.120 e. The van der Waals surface area contributed by atoms with Gasteiger partial charge in [-0.3, -0.25) is 0 Å². The van der Waals surface area contributed by atoms with Crippen LogP contribution in [0, 0.1) is 0 Å². The first-order valence-corrected chi connectivity index (χ1v) is 5.62. The van der Waals surface area contributed by atoms with Gasteiger partial charge in [-0.2, -0.15) is 0 Å². The van der Waals surface area contributed by atoms with E-state index in [4.69, 9.17) is 9.47 Å². The maximum atomic E-state index is 5.73. The molecular formula is C14H20O2. The molecule has 0 radical (unpaired) electrons. The molecule has 16 heavy (non-hydrogen) atoms. The summed E-state index contributed by atoms with van der Waals surface area (Å²) in [5.74, 6) is 0.859. The van der Waals surface area contributed by atoms with Crippen molar-refractivity contribution in [1.82, 2.24) is 0 Å². The van der Waals surface area contributed by atoms with Crippen molar-refractivity contribution in [2.45, 2.75) is 33.0 Å². The van der Waals surface area contributed by atoms with Crippen LogP contribution in [0.15, 0.2) is 30.8 Å². The highest BCUT2D eigenvalue weighted by Crippen LogP contribution is 2.15. The molecule has 0 amide bonds. The number of hydrogen-bond donors (Lipinski definition) is 0. The van der Waals surface area contributed by atoms with Crippen LogP contribution in [0.3, 0.4) is 0 Å². The summed E-state index contributed by atoms with van der Waals surface area (Å²) in [6.07, 6.45) is 2.11. The normalized spacial score (nSPS) is 12.5. The number of hydrogen-bond acceptors (Lipinski definition) is 2. The average molecular weight is 220 g/mol. The third-order valence-electron chi connectivity index (χ3n) is 2.10. The molecule has 1 atom stereocenters. The zero-order valence-electron chi connectivity index (χ0n) is 10.3. The fraction of sp³-hybridized carbons (Fsp3) is 0.429. The monoisotopic (exact) mass is 220 g/mol. The molecule has 2 heteroatoms. The summed E-state index contributed by atoms with van der Waals surface area (Å²) in [6, 6.07) is 7.87. The molecule has 88 valence electrons. The summed E-state index contributed by atoms with van der Waals surface area (Å²) in [7, 11) is 0. The van der Waals surface area contributed by atoms with E-state index in [2.05, 4.69) is 6.58 Å². The van der Waals surface area contributed by atoms with Gasteiger partial charge in [-0.05, 0) is 38.5 Å². The first-order chi connectivity index (χ1) is 7.61. The molecule has 1 rings (SSSR count). The van der Waals surface area contributed by atoms with Gasteiger partial charge in [-0.15, -0.1) is 0 Å². The Balaban J connectivity index is 2.48. The third kappa shape index (κ3) is 4.49. The lowest BCUT2D eigenvalue weighted by Crippen LogP contribution is -2.21. The molecule has 0 N–H and O–H groups in total. The lowest BCUT2D eigenvalue weighted by atomic mass is 10.2. The number of rotatable bonds is 6. The molecule has 0 saturated carbocycles. The SMILES string of the molecule is C=Cc1cccc(OC(C)COC(C)C)c1. The van der Waals surface area contributed by atoms with Crippen LogP contribution < -0.4 is 4.74 Å². The van der Waals surface area contributed by atoms with Gasteiger partial charge < -0.3 is 9.47 Å². The largest absolute Gasteiger partial charge is 0.488 e. The van der Waals surface area contributed by atoms with Gasteiger partial charge in [0.25, 0.3) is 0 Å². The maximum absolute atomic E-state index is 5.73. The van der Waals surface area contributed by atoms with Gasteiger partial charge in [0, 0.05) is 0 Å². The smallest absolute Gasteiger partial charge is 0.120 e. The van der Waals surface area contributed by atoms with Crippen LogP contribution in [0.2, 0.25) is 0 Å². The summed E-state index contributed by atoms with van der Waals surface area (Å²) in [6.45, 7) is 10.4. The summed E-state index contributed by atoms with van der Waals surface area (Å²) in [5, 5.41) is 0. The summed E-state index contributed by atoms with van der Waals surface area (Å²) in [4.78, 5) is 0. The van der Waals surface area contributed by atoms with E-state index in [-0.39, 0.29) is 12.2 Å². The van der Waals surface area contributed by atoms with E-state index >= 15 is 0 Å². The van der Waals surface area contributed by atoms with Crippen molar-refractivity contribution in [2.24, 2.45) is 0 Å². The summed E-state index contributed by atoms with van der Waals surface area (Å²) in [5.41, 5.74) is 1.06. The van der Waals surface area contributed by atoms with Crippen molar-refractivity contribution in [1.29, 1.82) is 0 Å². The molecule has 0 aliphatic carbocycles. The first-order valence-electron chi connectivity index (χ1n) is 5.62. The Morgan fingerprint density at radius 2 is 2.06 bits per heavy atom. The molecule has 0 aliphatic rings. The van der Waals surface area contributed by atoms with E-state index < -0.39 is 0 Å². The summed E-state index contributed by atoms with van der Waals surface area (Å²) < 4.78 is 11.2. The first kappa shape index (κ1) is 12.8. The average Bonchev–Trinajstić information content (AvgIpc) is 2.26. The van der Waals surface area contributed by atoms with Gasteiger partial charge in [-0.1, -0.05) is 24.8 Å². The highest BCUT2D eigenvalue weighted by atomic mass is 16.5. The quantitative estimate of drug-likeness (QED) is 0.730. The Morgan fingerprint density at radius 3 is 2.69 bits per heavy atom. The summed E-state index contributed by atoms with van der Waals surface area (Å²) >= 11 is 0. The topological polar surface area (TPSA) is 18.5 Å². The van der Waals surface area contributed by atoms with E-state index in [9.17, 15) is 0 Å². The molecular weight excluding hydrogens is 200 g/mol. The molecule has 1 aromatic carbocycles. The molecule has 0 fully saturated rings. The van der Waals surface area contributed by atoms with Crippen LogP contribution in [-0.2, 0) is 4.74 Å². The van der Waals surface area contributed by atoms with E-state index in [1.54, 1.807) is 0 Å².